The maximum absolute atomic E-state index is 11.4. The van der Waals surface area contributed by atoms with Crippen molar-refractivity contribution in [2.24, 2.45) is 4.99 Å². The fourth-order valence-corrected chi connectivity index (χ4v) is 3.40. The minimum Gasteiger partial charge on any atom is -0.393 e. The van der Waals surface area contributed by atoms with Gasteiger partial charge in [-0.3, -0.25) is 4.79 Å². The standard InChI is InChI=1S/C17H24N4OS.C4H10O/c1-6-7-12(2)21(5)11-19-16-14(10-22)23-17-15(16)13(20(3)4)8-9-18-17;1-3-4(2)5/h8-12H,6-7H2,1-5H3;4-5H,3H2,1-2H3/t12-;4-/m01/s1. The summed E-state index contributed by atoms with van der Waals surface area (Å²) in [6.45, 7) is 8.08. The molecule has 156 valence electrons. The SMILES string of the molecule is CCC[C@H](C)N(C)C=Nc1c(C=O)sc2nccc(N(C)C)c12.CC[C@@H](C)O. The molecule has 0 amide bonds. The van der Waals surface area contributed by atoms with E-state index < -0.39 is 0 Å². The van der Waals surface area contributed by atoms with Gasteiger partial charge in [0, 0.05) is 33.4 Å². The van der Waals surface area contributed by atoms with Crippen molar-refractivity contribution in [2.45, 2.75) is 59.1 Å². The smallest absolute Gasteiger partial charge is 0.162 e. The summed E-state index contributed by atoms with van der Waals surface area (Å²) in [5.41, 5.74) is 1.74. The van der Waals surface area contributed by atoms with Crippen LogP contribution in [0.3, 0.4) is 0 Å². The molecule has 0 bridgehead atoms. The van der Waals surface area contributed by atoms with E-state index in [0.29, 0.717) is 16.6 Å². The van der Waals surface area contributed by atoms with Gasteiger partial charge < -0.3 is 14.9 Å². The number of aliphatic imine (C=N–C) groups is 1. The van der Waals surface area contributed by atoms with E-state index in [2.05, 4.69) is 28.7 Å². The molecule has 0 aliphatic carbocycles. The maximum Gasteiger partial charge on any atom is 0.162 e. The molecule has 0 saturated carbocycles. The molecule has 2 atom stereocenters. The molecule has 28 heavy (non-hydrogen) atoms. The van der Waals surface area contributed by atoms with Crippen LogP contribution < -0.4 is 4.90 Å². The number of aliphatic hydroxyl groups excluding tert-OH is 1. The third-order valence-electron chi connectivity index (χ3n) is 4.52. The van der Waals surface area contributed by atoms with Crippen LogP contribution in [0.1, 0.15) is 56.6 Å². The largest absolute Gasteiger partial charge is 0.393 e. The number of hydrogen-bond acceptors (Lipinski definition) is 6. The third-order valence-corrected chi connectivity index (χ3v) is 5.53. The second-order valence-electron chi connectivity index (χ2n) is 7.14. The fraction of sp³-hybridized carbons (Fsp3) is 0.571. The van der Waals surface area contributed by atoms with Crippen molar-refractivity contribution in [3.8, 4) is 0 Å². The van der Waals surface area contributed by atoms with Gasteiger partial charge in [0.25, 0.3) is 0 Å². The molecule has 0 saturated heterocycles. The van der Waals surface area contributed by atoms with Crippen molar-refractivity contribution in [3.63, 3.8) is 0 Å². The monoisotopic (exact) mass is 406 g/mol. The van der Waals surface area contributed by atoms with Gasteiger partial charge in [-0.05, 0) is 32.8 Å². The van der Waals surface area contributed by atoms with Crippen LogP contribution in [0.25, 0.3) is 10.2 Å². The molecule has 2 rings (SSSR count). The number of aliphatic hydroxyl groups is 1. The number of fused-ring (bicyclic) bond motifs is 1. The topological polar surface area (TPSA) is 69.0 Å². The second kappa shape index (κ2) is 11.8. The Balaban J connectivity index is 0.000000696. The molecule has 0 aliphatic rings. The van der Waals surface area contributed by atoms with Crippen molar-refractivity contribution in [2.75, 3.05) is 26.0 Å². The summed E-state index contributed by atoms with van der Waals surface area (Å²) in [6.07, 6.45) is 7.45. The van der Waals surface area contributed by atoms with Crippen molar-refractivity contribution >= 4 is 45.6 Å². The Morgan fingerprint density at radius 1 is 1.29 bits per heavy atom. The Bertz CT molecular complexity index is 771. The quantitative estimate of drug-likeness (QED) is 0.390. The van der Waals surface area contributed by atoms with Gasteiger partial charge in [-0.25, -0.2) is 9.98 Å². The Labute approximate surface area is 172 Å². The lowest BCUT2D eigenvalue weighted by Crippen LogP contribution is -2.27. The molecule has 2 heterocycles. The summed E-state index contributed by atoms with van der Waals surface area (Å²) < 4.78 is 0. The summed E-state index contributed by atoms with van der Waals surface area (Å²) in [6, 6.07) is 2.37. The zero-order valence-corrected chi connectivity index (χ0v) is 19.0. The Morgan fingerprint density at radius 3 is 2.43 bits per heavy atom. The minimum atomic E-state index is -0.116. The maximum atomic E-state index is 11.4. The fourth-order valence-electron chi connectivity index (χ4n) is 2.47. The van der Waals surface area contributed by atoms with Crippen LogP contribution in [-0.4, -0.2) is 60.9 Å². The molecule has 2 aromatic rings. The van der Waals surface area contributed by atoms with E-state index >= 15 is 0 Å². The third kappa shape index (κ3) is 6.56. The summed E-state index contributed by atoms with van der Waals surface area (Å²) in [4.78, 5) is 26.0. The molecule has 7 heteroatoms. The van der Waals surface area contributed by atoms with Gasteiger partial charge in [-0.1, -0.05) is 20.3 Å². The Kier molecular flexibility index (Phi) is 10.1. The van der Waals surface area contributed by atoms with Gasteiger partial charge in [0.05, 0.1) is 34.1 Å². The number of hydrogen-bond donors (Lipinski definition) is 1. The van der Waals surface area contributed by atoms with Crippen molar-refractivity contribution < 1.29 is 9.90 Å². The number of aldehydes is 1. The first-order valence-corrected chi connectivity index (χ1v) is 10.6. The zero-order chi connectivity index (χ0) is 21.3. The average molecular weight is 407 g/mol. The van der Waals surface area contributed by atoms with Crippen LogP contribution in [0.15, 0.2) is 17.3 Å². The number of rotatable bonds is 8. The highest BCUT2D eigenvalue weighted by Gasteiger charge is 2.16. The van der Waals surface area contributed by atoms with E-state index in [4.69, 9.17) is 5.11 Å². The van der Waals surface area contributed by atoms with E-state index in [-0.39, 0.29) is 6.10 Å². The van der Waals surface area contributed by atoms with Gasteiger partial charge in [0.1, 0.15) is 4.83 Å². The first-order valence-electron chi connectivity index (χ1n) is 9.74. The number of carbonyl (C=O) groups is 1. The highest BCUT2D eigenvalue weighted by atomic mass is 32.1. The Morgan fingerprint density at radius 2 is 1.93 bits per heavy atom. The predicted octanol–water partition coefficient (Wildman–Crippen LogP) is 4.73. The highest BCUT2D eigenvalue weighted by molar-refractivity contribution is 7.21. The molecular weight excluding hydrogens is 372 g/mol. The summed E-state index contributed by atoms with van der Waals surface area (Å²) in [5, 5.41) is 9.30. The highest BCUT2D eigenvalue weighted by Crippen LogP contribution is 2.40. The molecule has 1 N–H and O–H groups in total. The molecule has 0 radical (unpaired) electrons. The van der Waals surface area contributed by atoms with E-state index in [0.717, 1.165) is 41.5 Å². The molecule has 0 aliphatic heterocycles. The molecule has 0 unspecified atom stereocenters. The summed E-state index contributed by atoms with van der Waals surface area (Å²) >= 11 is 1.39. The van der Waals surface area contributed by atoms with Crippen molar-refractivity contribution in [1.29, 1.82) is 0 Å². The van der Waals surface area contributed by atoms with Gasteiger partial charge >= 0.3 is 0 Å². The number of anilines is 1. The number of thiophene rings is 1. The van der Waals surface area contributed by atoms with Gasteiger partial charge in [-0.15, -0.1) is 11.3 Å². The minimum absolute atomic E-state index is 0.116. The van der Waals surface area contributed by atoms with E-state index in [1.54, 1.807) is 13.1 Å². The molecule has 0 aromatic carbocycles. The van der Waals surface area contributed by atoms with Gasteiger partial charge in [-0.2, -0.15) is 0 Å². The van der Waals surface area contributed by atoms with Crippen LogP contribution in [0.4, 0.5) is 11.4 Å². The van der Waals surface area contributed by atoms with Crippen LogP contribution in [0, 0.1) is 0 Å². The first-order chi connectivity index (χ1) is 13.3. The van der Waals surface area contributed by atoms with Crippen molar-refractivity contribution in [1.82, 2.24) is 9.88 Å². The number of pyridine rings is 1. The number of aromatic nitrogens is 1. The second-order valence-corrected chi connectivity index (χ2v) is 8.17. The van der Waals surface area contributed by atoms with Crippen LogP contribution in [0.5, 0.6) is 0 Å². The van der Waals surface area contributed by atoms with E-state index in [1.807, 2.05) is 45.4 Å². The van der Waals surface area contributed by atoms with E-state index in [9.17, 15) is 4.79 Å². The van der Waals surface area contributed by atoms with E-state index in [1.165, 1.54) is 11.3 Å². The molecular formula is C21H34N4O2S. The van der Waals surface area contributed by atoms with Crippen LogP contribution >= 0.6 is 11.3 Å². The van der Waals surface area contributed by atoms with Gasteiger partial charge in [0.2, 0.25) is 0 Å². The lowest BCUT2D eigenvalue weighted by atomic mass is 10.2. The lowest BCUT2D eigenvalue weighted by molar-refractivity contribution is 0.112. The van der Waals surface area contributed by atoms with Crippen LogP contribution in [-0.2, 0) is 0 Å². The molecule has 0 spiro atoms. The summed E-state index contributed by atoms with van der Waals surface area (Å²) in [5.74, 6) is 0. The number of carbonyl (C=O) groups excluding carboxylic acids is 1. The molecule has 2 aromatic heterocycles. The zero-order valence-electron chi connectivity index (χ0n) is 18.1. The van der Waals surface area contributed by atoms with Crippen molar-refractivity contribution in [3.05, 3.63) is 17.1 Å². The van der Waals surface area contributed by atoms with Crippen LogP contribution in [0.2, 0.25) is 0 Å². The lowest BCUT2D eigenvalue weighted by Gasteiger charge is -2.21. The molecule has 0 fully saturated rings. The normalized spacial score (nSPS) is 13.1. The number of nitrogens with zero attached hydrogens (tertiary/aromatic N) is 4. The van der Waals surface area contributed by atoms with Gasteiger partial charge in [0.15, 0.2) is 6.29 Å². The molecule has 6 nitrogen and oxygen atoms in total. The average Bonchev–Trinajstić information content (AvgIpc) is 3.04. The summed E-state index contributed by atoms with van der Waals surface area (Å²) in [7, 11) is 5.98. The predicted molar refractivity (Wildman–Crippen MR) is 122 cm³/mol. The Hall–Kier alpha value is -1.99. The first kappa shape index (κ1) is 24.0.